The molecule has 0 spiro atoms. The second-order valence-corrected chi connectivity index (χ2v) is 8.71. The Morgan fingerprint density at radius 2 is 1.73 bits per heavy atom. The van der Waals surface area contributed by atoms with Gasteiger partial charge in [-0.2, -0.15) is 4.31 Å². The number of sulfonamides is 1. The molecule has 0 aliphatic carbocycles. The zero-order valence-corrected chi connectivity index (χ0v) is 15.1. The molecule has 0 amide bonds. The van der Waals surface area contributed by atoms with E-state index in [1.54, 1.807) is 0 Å². The molecule has 0 unspecified atom stereocenters. The second kappa shape index (κ2) is 6.70. The number of fused-ring (bicyclic) bond motifs is 1. The van der Waals surface area contributed by atoms with E-state index < -0.39 is 27.7 Å². The van der Waals surface area contributed by atoms with Crippen molar-refractivity contribution in [2.75, 3.05) is 6.54 Å². The molecule has 1 saturated heterocycles. The van der Waals surface area contributed by atoms with Crippen LogP contribution < -0.4 is 0 Å². The average molecular weight is 382 g/mol. The van der Waals surface area contributed by atoms with E-state index in [1.807, 2.05) is 4.57 Å². The summed E-state index contributed by atoms with van der Waals surface area (Å²) in [5, 5.41) is 8.52. The van der Waals surface area contributed by atoms with Crippen LogP contribution in [0.3, 0.4) is 0 Å². The van der Waals surface area contributed by atoms with Crippen LogP contribution in [0.4, 0.5) is 8.78 Å². The maximum Gasteiger partial charge on any atom is 0.243 e. The van der Waals surface area contributed by atoms with Crippen molar-refractivity contribution in [1.82, 2.24) is 19.1 Å². The summed E-state index contributed by atoms with van der Waals surface area (Å²) in [7, 11) is -4.02. The largest absolute Gasteiger partial charge is 0.314 e. The van der Waals surface area contributed by atoms with E-state index in [1.165, 1.54) is 4.31 Å². The van der Waals surface area contributed by atoms with E-state index in [9.17, 15) is 17.2 Å². The molecule has 4 rings (SSSR count). The zero-order chi connectivity index (χ0) is 18.3. The summed E-state index contributed by atoms with van der Waals surface area (Å²) < 4.78 is 56.4. The lowest BCUT2D eigenvalue weighted by Gasteiger charge is -2.24. The standard InChI is InChI=1S/C17H20F2N4O2S/c18-12-9-13(19)11-14(10-12)26(24,25)23-8-4-5-15(23)17-21-20-16-6-2-1-3-7-22(16)17/h9-11,15H,1-8H2/t15-/m1/s1. The van der Waals surface area contributed by atoms with Gasteiger partial charge in [0.25, 0.3) is 0 Å². The Morgan fingerprint density at radius 1 is 0.962 bits per heavy atom. The predicted octanol–water partition coefficient (Wildman–Crippen LogP) is 2.81. The molecule has 2 aromatic rings. The minimum atomic E-state index is -4.02. The Bertz CT molecular complexity index is 909. The number of aromatic nitrogens is 3. The highest BCUT2D eigenvalue weighted by molar-refractivity contribution is 7.89. The average Bonchev–Trinajstić information content (AvgIpc) is 3.15. The Hall–Kier alpha value is -1.87. The molecule has 2 aliphatic rings. The SMILES string of the molecule is O=S(=O)(c1cc(F)cc(F)c1)N1CCC[C@@H]1c1nnc2n1CCCCC2. The molecule has 0 N–H and O–H groups in total. The Morgan fingerprint density at radius 3 is 2.50 bits per heavy atom. The maximum absolute atomic E-state index is 13.5. The zero-order valence-electron chi connectivity index (χ0n) is 14.2. The van der Waals surface area contributed by atoms with Crippen LogP contribution in [-0.4, -0.2) is 34.0 Å². The van der Waals surface area contributed by atoms with Crippen LogP contribution in [-0.2, 0) is 23.0 Å². The molecule has 3 heterocycles. The predicted molar refractivity (Wildman–Crippen MR) is 89.8 cm³/mol. The van der Waals surface area contributed by atoms with Crippen molar-refractivity contribution in [1.29, 1.82) is 0 Å². The fraction of sp³-hybridized carbons (Fsp3) is 0.529. The monoisotopic (exact) mass is 382 g/mol. The van der Waals surface area contributed by atoms with Gasteiger partial charge >= 0.3 is 0 Å². The lowest BCUT2D eigenvalue weighted by Crippen LogP contribution is -2.32. The van der Waals surface area contributed by atoms with Gasteiger partial charge in [0.2, 0.25) is 10.0 Å². The van der Waals surface area contributed by atoms with Gasteiger partial charge in [-0.1, -0.05) is 6.42 Å². The van der Waals surface area contributed by atoms with Gasteiger partial charge in [-0.3, -0.25) is 0 Å². The third-order valence-corrected chi connectivity index (χ3v) is 6.97. The van der Waals surface area contributed by atoms with Crippen LogP contribution in [0.25, 0.3) is 0 Å². The fourth-order valence-corrected chi connectivity index (χ4v) is 5.55. The number of benzene rings is 1. The summed E-state index contributed by atoms with van der Waals surface area (Å²) in [6, 6.07) is 1.93. The number of rotatable bonds is 3. The minimum absolute atomic E-state index is 0.299. The summed E-state index contributed by atoms with van der Waals surface area (Å²) in [4.78, 5) is -0.363. The lowest BCUT2D eigenvalue weighted by atomic mass is 10.2. The van der Waals surface area contributed by atoms with Gasteiger partial charge < -0.3 is 4.57 Å². The third-order valence-electron chi connectivity index (χ3n) is 5.08. The molecule has 9 heteroatoms. The minimum Gasteiger partial charge on any atom is -0.314 e. The first-order chi connectivity index (χ1) is 12.5. The first-order valence-electron chi connectivity index (χ1n) is 8.87. The third kappa shape index (κ3) is 3.03. The molecule has 1 aromatic carbocycles. The number of hydrogen-bond donors (Lipinski definition) is 0. The van der Waals surface area contributed by atoms with Gasteiger partial charge in [0.1, 0.15) is 17.5 Å². The van der Waals surface area contributed by atoms with Crippen LogP contribution in [0.1, 0.15) is 49.8 Å². The highest BCUT2D eigenvalue weighted by atomic mass is 32.2. The van der Waals surface area contributed by atoms with Gasteiger partial charge in [0.15, 0.2) is 5.82 Å². The smallest absolute Gasteiger partial charge is 0.243 e. The Labute approximate surface area is 150 Å². The molecule has 26 heavy (non-hydrogen) atoms. The van der Waals surface area contributed by atoms with E-state index in [4.69, 9.17) is 0 Å². The van der Waals surface area contributed by atoms with E-state index in [0.717, 1.165) is 50.2 Å². The molecule has 1 fully saturated rings. The molecule has 2 aliphatic heterocycles. The van der Waals surface area contributed by atoms with Crippen molar-refractivity contribution < 1.29 is 17.2 Å². The van der Waals surface area contributed by atoms with Gasteiger partial charge in [-0.25, -0.2) is 17.2 Å². The normalized spacial score (nSPS) is 21.5. The van der Waals surface area contributed by atoms with Crippen molar-refractivity contribution in [2.24, 2.45) is 0 Å². The van der Waals surface area contributed by atoms with Crippen LogP contribution >= 0.6 is 0 Å². The van der Waals surface area contributed by atoms with Crippen molar-refractivity contribution in [3.63, 3.8) is 0 Å². The van der Waals surface area contributed by atoms with Crippen molar-refractivity contribution in [2.45, 2.75) is 56.0 Å². The highest BCUT2D eigenvalue weighted by Crippen LogP contribution is 2.36. The summed E-state index contributed by atoms with van der Waals surface area (Å²) in [6.07, 6.45) is 5.29. The molecule has 1 atom stereocenters. The summed E-state index contributed by atoms with van der Waals surface area (Å²) in [5.41, 5.74) is 0. The Kier molecular flexibility index (Phi) is 4.52. The lowest BCUT2D eigenvalue weighted by molar-refractivity contribution is 0.370. The molecule has 0 radical (unpaired) electrons. The van der Waals surface area contributed by atoms with Crippen molar-refractivity contribution >= 4 is 10.0 Å². The number of hydrogen-bond acceptors (Lipinski definition) is 4. The highest BCUT2D eigenvalue weighted by Gasteiger charge is 2.39. The quantitative estimate of drug-likeness (QED) is 0.819. The van der Waals surface area contributed by atoms with E-state index in [0.29, 0.717) is 31.3 Å². The van der Waals surface area contributed by atoms with Gasteiger partial charge in [0.05, 0.1) is 10.9 Å². The molecule has 0 saturated carbocycles. The summed E-state index contributed by atoms with van der Waals surface area (Å²) >= 11 is 0. The fourth-order valence-electron chi connectivity index (χ4n) is 3.85. The summed E-state index contributed by atoms with van der Waals surface area (Å²) in [5.74, 6) is -0.287. The summed E-state index contributed by atoms with van der Waals surface area (Å²) in [6.45, 7) is 1.07. The number of halogens is 2. The molecule has 6 nitrogen and oxygen atoms in total. The topological polar surface area (TPSA) is 68.1 Å². The van der Waals surface area contributed by atoms with Crippen LogP contribution in [0, 0.1) is 11.6 Å². The van der Waals surface area contributed by atoms with Crippen LogP contribution in [0.2, 0.25) is 0 Å². The van der Waals surface area contributed by atoms with E-state index in [-0.39, 0.29) is 4.90 Å². The van der Waals surface area contributed by atoms with Crippen LogP contribution in [0.15, 0.2) is 23.1 Å². The first kappa shape index (κ1) is 17.5. The molecule has 0 bridgehead atoms. The first-order valence-corrected chi connectivity index (χ1v) is 10.3. The molecular formula is C17H20F2N4O2S. The number of aryl methyl sites for hydroxylation is 1. The van der Waals surface area contributed by atoms with Crippen molar-refractivity contribution in [3.8, 4) is 0 Å². The molecule has 1 aromatic heterocycles. The molecule has 140 valence electrons. The van der Waals surface area contributed by atoms with Gasteiger partial charge in [0, 0.05) is 25.6 Å². The van der Waals surface area contributed by atoms with E-state index >= 15 is 0 Å². The number of nitrogens with zero attached hydrogens (tertiary/aromatic N) is 4. The van der Waals surface area contributed by atoms with Gasteiger partial charge in [-0.05, 0) is 37.8 Å². The Balaban J connectivity index is 1.72. The van der Waals surface area contributed by atoms with Crippen LogP contribution in [0.5, 0.6) is 0 Å². The second-order valence-electron chi connectivity index (χ2n) is 6.82. The van der Waals surface area contributed by atoms with Crippen molar-refractivity contribution in [3.05, 3.63) is 41.5 Å². The van der Waals surface area contributed by atoms with Gasteiger partial charge in [-0.15, -0.1) is 10.2 Å². The molecular weight excluding hydrogens is 362 g/mol. The maximum atomic E-state index is 13.5. The van der Waals surface area contributed by atoms with E-state index in [2.05, 4.69) is 10.2 Å².